The Hall–Kier alpha value is -2.41. The number of aldehydes is 1. The van der Waals surface area contributed by atoms with E-state index >= 15 is 0 Å². The van der Waals surface area contributed by atoms with E-state index in [-0.39, 0.29) is 0 Å². The van der Waals surface area contributed by atoms with Crippen LogP contribution in [0, 0.1) is 0 Å². The average Bonchev–Trinajstić information content (AvgIpc) is 3.25. The summed E-state index contributed by atoms with van der Waals surface area (Å²) < 4.78 is 12.3. The first-order chi connectivity index (χ1) is 12.7. The summed E-state index contributed by atoms with van der Waals surface area (Å²) in [5, 5.41) is 5.81. The lowest BCUT2D eigenvalue weighted by atomic mass is 9.90. The monoisotopic (exact) mass is 371 g/mol. The quantitative estimate of drug-likeness (QED) is 0.624. The van der Waals surface area contributed by atoms with E-state index in [0.717, 1.165) is 21.8 Å². The highest BCUT2D eigenvalue weighted by Gasteiger charge is 2.23. The number of ether oxygens (including phenoxy) is 2. The van der Waals surface area contributed by atoms with Crippen molar-refractivity contribution in [3.8, 4) is 22.8 Å². The topological polar surface area (TPSA) is 65.7 Å². The fourth-order valence-corrected chi connectivity index (χ4v) is 4.67. The van der Waals surface area contributed by atoms with E-state index in [4.69, 9.17) is 19.6 Å². The Morgan fingerprint density at radius 3 is 2.62 bits per heavy atom. The number of hydrogen-bond donors (Lipinski definition) is 0. The smallest absolute Gasteiger partial charge is 0.213 e. The predicted molar refractivity (Wildman–Crippen MR) is 101 cm³/mol. The summed E-state index contributed by atoms with van der Waals surface area (Å²) in [6.07, 6.45) is 7.00. The lowest BCUT2D eigenvalue weighted by Gasteiger charge is -2.18. The first kappa shape index (κ1) is 17.0. The Morgan fingerprint density at radius 1 is 1.15 bits per heavy atom. The Morgan fingerprint density at radius 2 is 1.92 bits per heavy atom. The van der Waals surface area contributed by atoms with E-state index in [1.807, 2.05) is 18.2 Å². The van der Waals surface area contributed by atoms with Crippen molar-refractivity contribution in [1.29, 1.82) is 0 Å². The van der Waals surface area contributed by atoms with Crippen LogP contribution in [0.25, 0.3) is 16.2 Å². The van der Waals surface area contributed by atoms with E-state index in [9.17, 15) is 4.79 Å². The Kier molecular flexibility index (Phi) is 4.63. The molecule has 0 bridgehead atoms. The predicted octanol–water partition coefficient (Wildman–Crippen LogP) is 4.34. The molecule has 0 radical (unpaired) electrons. The molecule has 4 rings (SSSR count). The van der Waals surface area contributed by atoms with Crippen LogP contribution in [0.2, 0.25) is 0 Å². The SMILES string of the molecule is COc1ccc(-c2nc3sc(C4CCCCC4)nn3c2C=O)cc1OC. The summed E-state index contributed by atoms with van der Waals surface area (Å²) in [5.41, 5.74) is 1.90. The number of carbonyl (C=O) groups is 1. The Labute approximate surface area is 155 Å². The number of aromatic nitrogens is 3. The fourth-order valence-electron chi connectivity index (χ4n) is 3.60. The van der Waals surface area contributed by atoms with Crippen molar-refractivity contribution in [3.05, 3.63) is 28.9 Å². The largest absolute Gasteiger partial charge is 0.493 e. The summed E-state index contributed by atoms with van der Waals surface area (Å²) in [6.45, 7) is 0. The summed E-state index contributed by atoms with van der Waals surface area (Å²) >= 11 is 1.59. The van der Waals surface area contributed by atoms with Gasteiger partial charge in [0.15, 0.2) is 17.8 Å². The van der Waals surface area contributed by atoms with Gasteiger partial charge in [0.05, 0.1) is 14.2 Å². The molecule has 1 aromatic carbocycles. The van der Waals surface area contributed by atoms with E-state index < -0.39 is 0 Å². The zero-order valence-electron chi connectivity index (χ0n) is 14.9. The molecule has 1 saturated carbocycles. The lowest BCUT2D eigenvalue weighted by Crippen LogP contribution is -2.05. The summed E-state index contributed by atoms with van der Waals surface area (Å²) in [7, 11) is 3.18. The Bertz CT molecular complexity index is 941. The zero-order valence-corrected chi connectivity index (χ0v) is 15.7. The number of fused-ring (bicyclic) bond motifs is 1. The van der Waals surface area contributed by atoms with Gasteiger partial charge in [-0.1, -0.05) is 30.6 Å². The molecule has 26 heavy (non-hydrogen) atoms. The molecule has 0 spiro atoms. The van der Waals surface area contributed by atoms with Crippen molar-refractivity contribution in [3.63, 3.8) is 0 Å². The molecular formula is C19H21N3O3S. The first-order valence-corrected chi connectivity index (χ1v) is 9.64. The maximum absolute atomic E-state index is 11.8. The molecule has 0 saturated heterocycles. The number of imidazole rings is 1. The molecule has 136 valence electrons. The second-order valence-corrected chi connectivity index (χ2v) is 7.49. The van der Waals surface area contributed by atoms with Crippen molar-refractivity contribution >= 4 is 22.6 Å². The van der Waals surface area contributed by atoms with E-state index in [1.54, 1.807) is 30.1 Å². The summed E-state index contributed by atoms with van der Waals surface area (Å²) in [4.78, 5) is 17.2. The summed E-state index contributed by atoms with van der Waals surface area (Å²) in [5.74, 6) is 1.75. The van der Waals surface area contributed by atoms with Crippen molar-refractivity contribution in [1.82, 2.24) is 14.6 Å². The number of benzene rings is 1. The van der Waals surface area contributed by atoms with E-state index in [1.165, 1.54) is 32.1 Å². The van der Waals surface area contributed by atoms with E-state index in [2.05, 4.69) is 0 Å². The Balaban J connectivity index is 1.76. The van der Waals surface area contributed by atoms with Crippen molar-refractivity contribution in [2.45, 2.75) is 38.0 Å². The van der Waals surface area contributed by atoms with Crippen LogP contribution in [0.1, 0.15) is 53.5 Å². The zero-order chi connectivity index (χ0) is 18.1. The normalized spacial score (nSPS) is 15.3. The molecule has 0 amide bonds. The third kappa shape index (κ3) is 2.86. The van der Waals surface area contributed by atoms with Gasteiger partial charge in [-0.2, -0.15) is 9.61 Å². The molecule has 2 heterocycles. The van der Waals surface area contributed by atoms with Crippen LogP contribution in [0.3, 0.4) is 0 Å². The highest BCUT2D eigenvalue weighted by atomic mass is 32.1. The van der Waals surface area contributed by atoms with Gasteiger partial charge in [-0.3, -0.25) is 4.79 Å². The second-order valence-electron chi connectivity index (χ2n) is 6.50. The van der Waals surface area contributed by atoms with Gasteiger partial charge < -0.3 is 9.47 Å². The molecule has 0 N–H and O–H groups in total. The molecule has 6 nitrogen and oxygen atoms in total. The fraction of sp³-hybridized carbons (Fsp3) is 0.421. The number of hydrogen-bond acceptors (Lipinski definition) is 6. The van der Waals surface area contributed by atoms with Gasteiger partial charge >= 0.3 is 0 Å². The van der Waals surface area contributed by atoms with Crippen LogP contribution < -0.4 is 9.47 Å². The van der Waals surface area contributed by atoms with Crippen molar-refractivity contribution in [2.24, 2.45) is 0 Å². The standard InChI is InChI=1S/C19H21N3O3S/c1-24-15-9-8-13(10-16(15)25-2)17-14(11-23)22-19(20-17)26-18(21-22)12-6-4-3-5-7-12/h8-12H,3-7H2,1-2H3. The van der Waals surface area contributed by atoms with Crippen LogP contribution in [-0.4, -0.2) is 35.1 Å². The molecule has 1 fully saturated rings. The van der Waals surface area contributed by atoms with Crippen LogP contribution >= 0.6 is 11.3 Å². The molecular weight excluding hydrogens is 350 g/mol. The second kappa shape index (κ2) is 7.07. The van der Waals surface area contributed by atoms with Crippen molar-refractivity contribution in [2.75, 3.05) is 14.2 Å². The molecule has 3 aromatic rings. The molecule has 0 atom stereocenters. The van der Waals surface area contributed by atoms with Gasteiger partial charge in [-0.15, -0.1) is 0 Å². The molecule has 1 aliphatic rings. The number of methoxy groups -OCH3 is 2. The first-order valence-electron chi connectivity index (χ1n) is 8.82. The van der Waals surface area contributed by atoms with Gasteiger partial charge in [0, 0.05) is 11.5 Å². The lowest BCUT2D eigenvalue weighted by molar-refractivity contribution is 0.111. The maximum atomic E-state index is 11.8. The highest BCUT2D eigenvalue weighted by molar-refractivity contribution is 7.16. The van der Waals surface area contributed by atoms with Crippen molar-refractivity contribution < 1.29 is 14.3 Å². The molecule has 2 aromatic heterocycles. The van der Waals surface area contributed by atoms with Gasteiger partial charge in [0.1, 0.15) is 16.4 Å². The minimum absolute atomic E-state index is 0.477. The minimum atomic E-state index is 0.477. The molecule has 7 heteroatoms. The average molecular weight is 371 g/mol. The van der Waals surface area contributed by atoms with Gasteiger partial charge in [0.25, 0.3) is 0 Å². The number of nitrogens with zero attached hydrogens (tertiary/aromatic N) is 3. The highest BCUT2D eigenvalue weighted by Crippen LogP contribution is 2.37. The van der Waals surface area contributed by atoms with Gasteiger partial charge in [0.2, 0.25) is 4.96 Å². The van der Waals surface area contributed by atoms with Gasteiger partial charge in [-0.25, -0.2) is 4.98 Å². The molecule has 1 aliphatic carbocycles. The van der Waals surface area contributed by atoms with E-state index in [0.29, 0.717) is 28.8 Å². The third-order valence-corrected chi connectivity index (χ3v) is 6.05. The van der Waals surface area contributed by atoms with Crippen LogP contribution in [0.5, 0.6) is 11.5 Å². The van der Waals surface area contributed by atoms with Crippen LogP contribution in [-0.2, 0) is 0 Å². The molecule has 0 unspecified atom stereocenters. The molecule has 0 aliphatic heterocycles. The number of rotatable bonds is 5. The van der Waals surface area contributed by atoms with Gasteiger partial charge in [-0.05, 0) is 31.0 Å². The summed E-state index contributed by atoms with van der Waals surface area (Å²) in [6, 6.07) is 5.53. The minimum Gasteiger partial charge on any atom is -0.493 e. The van der Waals surface area contributed by atoms with Crippen LogP contribution in [0.4, 0.5) is 0 Å². The number of carbonyl (C=O) groups excluding carboxylic acids is 1. The third-order valence-electron chi connectivity index (χ3n) is 4.98. The maximum Gasteiger partial charge on any atom is 0.213 e. The van der Waals surface area contributed by atoms with Crippen LogP contribution in [0.15, 0.2) is 18.2 Å².